The van der Waals surface area contributed by atoms with Crippen LogP contribution in [0.1, 0.15) is 47.9 Å². The summed E-state index contributed by atoms with van der Waals surface area (Å²) in [7, 11) is 0. The van der Waals surface area contributed by atoms with Crippen molar-refractivity contribution in [3.8, 4) is 0 Å². The van der Waals surface area contributed by atoms with Crippen molar-refractivity contribution in [2.24, 2.45) is 5.92 Å². The lowest BCUT2D eigenvalue weighted by atomic mass is 9.95. The van der Waals surface area contributed by atoms with Crippen LogP contribution in [0.25, 0.3) is 0 Å². The van der Waals surface area contributed by atoms with E-state index in [-0.39, 0.29) is 18.4 Å². The lowest BCUT2D eigenvalue weighted by Gasteiger charge is -2.24. The van der Waals surface area contributed by atoms with Gasteiger partial charge in [-0.3, -0.25) is 9.89 Å². The number of furan rings is 1. The number of rotatable bonds is 6. The van der Waals surface area contributed by atoms with Crippen LogP contribution in [0.3, 0.4) is 0 Å². The van der Waals surface area contributed by atoms with E-state index in [1.54, 1.807) is 6.92 Å². The van der Waals surface area contributed by atoms with E-state index in [2.05, 4.69) is 15.5 Å². The Morgan fingerprint density at radius 1 is 1.42 bits per heavy atom. The topological polar surface area (TPSA) is 91.1 Å². The third-order valence-corrected chi connectivity index (χ3v) is 4.47. The first-order valence-corrected chi connectivity index (χ1v) is 8.20. The third-order valence-electron chi connectivity index (χ3n) is 4.47. The van der Waals surface area contributed by atoms with Gasteiger partial charge in [0.2, 0.25) is 5.91 Å². The van der Waals surface area contributed by atoms with Crippen LogP contribution in [-0.4, -0.2) is 27.8 Å². The molecule has 0 saturated carbocycles. The first kappa shape index (κ1) is 18.3. The van der Waals surface area contributed by atoms with E-state index >= 15 is 0 Å². The number of aromatic nitrogens is 2. The van der Waals surface area contributed by atoms with Gasteiger partial charge in [-0.05, 0) is 52.7 Å². The van der Waals surface area contributed by atoms with Gasteiger partial charge in [-0.1, -0.05) is 6.92 Å². The van der Waals surface area contributed by atoms with Crippen molar-refractivity contribution < 1.29 is 14.3 Å². The maximum atomic E-state index is 12.4. The fraction of sp³-hybridized carbons (Fsp3) is 0.556. The SMILES string of the molecule is Cc1cc(C(C)(O)CNC(=O)C(C)Cc2c(C)n[nH]c2C)c(C)o1. The molecule has 2 aromatic rings. The van der Waals surface area contributed by atoms with Crippen LogP contribution in [0.4, 0.5) is 0 Å². The highest BCUT2D eigenvalue weighted by Gasteiger charge is 2.29. The molecule has 1 amide bonds. The minimum absolute atomic E-state index is 0.0897. The number of aromatic amines is 1. The molecule has 0 aliphatic heterocycles. The Hall–Kier alpha value is -2.08. The molecule has 0 bridgehead atoms. The van der Waals surface area contributed by atoms with Crippen LogP contribution >= 0.6 is 0 Å². The number of aryl methyl sites for hydroxylation is 4. The standard InChI is InChI=1S/C18H27N3O3/c1-10(7-15-12(3)20-21-13(15)4)17(22)19-9-18(6,23)16-8-11(2)24-14(16)5/h8,10,23H,7,9H2,1-6H3,(H,19,22)(H,20,21). The fourth-order valence-corrected chi connectivity index (χ4v) is 2.97. The number of hydrogen-bond donors (Lipinski definition) is 3. The van der Waals surface area contributed by atoms with Gasteiger partial charge in [0.25, 0.3) is 0 Å². The number of nitrogens with one attached hydrogen (secondary N) is 2. The van der Waals surface area contributed by atoms with Crippen LogP contribution in [0, 0.1) is 33.6 Å². The van der Waals surface area contributed by atoms with Gasteiger partial charge < -0.3 is 14.8 Å². The molecule has 0 aliphatic rings. The molecule has 2 heterocycles. The van der Waals surface area contributed by atoms with Crippen LogP contribution < -0.4 is 5.32 Å². The minimum atomic E-state index is -1.17. The second kappa shape index (κ2) is 6.81. The van der Waals surface area contributed by atoms with E-state index in [9.17, 15) is 9.90 Å². The Morgan fingerprint density at radius 3 is 2.58 bits per heavy atom. The van der Waals surface area contributed by atoms with Crippen LogP contribution in [-0.2, 0) is 16.8 Å². The van der Waals surface area contributed by atoms with Gasteiger partial charge in [-0.25, -0.2) is 0 Å². The van der Waals surface area contributed by atoms with Gasteiger partial charge in [0.05, 0.1) is 12.2 Å². The predicted molar refractivity (Wildman–Crippen MR) is 91.7 cm³/mol. The van der Waals surface area contributed by atoms with Gasteiger partial charge in [0, 0.05) is 17.2 Å². The summed E-state index contributed by atoms with van der Waals surface area (Å²) in [6.45, 7) is 11.2. The van der Waals surface area contributed by atoms with E-state index in [0.29, 0.717) is 17.7 Å². The van der Waals surface area contributed by atoms with E-state index < -0.39 is 5.60 Å². The van der Waals surface area contributed by atoms with Gasteiger partial charge in [0.15, 0.2) is 0 Å². The zero-order valence-corrected chi connectivity index (χ0v) is 15.3. The normalized spacial score (nSPS) is 15.1. The molecule has 0 aromatic carbocycles. The second-order valence-electron chi connectivity index (χ2n) is 6.84. The number of aliphatic hydroxyl groups is 1. The number of amides is 1. The summed E-state index contributed by atoms with van der Waals surface area (Å²) in [5, 5.41) is 20.6. The Balaban J connectivity index is 1.98. The van der Waals surface area contributed by atoms with Crippen LogP contribution in [0.2, 0.25) is 0 Å². The lowest BCUT2D eigenvalue weighted by Crippen LogP contribution is -2.41. The highest BCUT2D eigenvalue weighted by molar-refractivity contribution is 5.78. The Bertz CT molecular complexity index is 708. The summed E-state index contributed by atoms with van der Waals surface area (Å²) in [6, 6.07) is 1.81. The number of carbonyl (C=O) groups excluding carboxylic acids is 1. The van der Waals surface area contributed by atoms with Crippen LogP contribution in [0.15, 0.2) is 10.5 Å². The summed E-state index contributed by atoms with van der Waals surface area (Å²) in [4.78, 5) is 12.4. The average molecular weight is 333 g/mol. The number of carbonyl (C=O) groups is 1. The van der Waals surface area contributed by atoms with E-state index in [1.165, 1.54) is 0 Å². The van der Waals surface area contributed by atoms with Gasteiger partial charge in [-0.15, -0.1) is 0 Å². The van der Waals surface area contributed by atoms with Gasteiger partial charge in [-0.2, -0.15) is 5.10 Å². The van der Waals surface area contributed by atoms with Crippen molar-refractivity contribution >= 4 is 5.91 Å². The van der Waals surface area contributed by atoms with Crippen LogP contribution in [0.5, 0.6) is 0 Å². The summed E-state index contributed by atoms with van der Waals surface area (Å²) >= 11 is 0. The highest BCUT2D eigenvalue weighted by atomic mass is 16.3. The molecule has 2 aromatic heterocycles. The maximum absolute atomic E-state index is 12.4. The molecule has 3 N–H and O–H groups in total. The van der Waals surface area contributed by atoms with E-state index in [0.717, 1.165) is 22.7 Å². The average Bonchev–Trinajstić information content (AvgIpc) is 3.01. The van der Waals surface area contributed by atoms with Crippen molar-refractivity contribution in [1.82, 2.24) is 15.5 Å². The molecule has 6 nitrogen and oxygen atoms in total. The molecule has 132 valence electrons. The quantitative estimate of drug-likeness (QED) is 0.757. The monoisotopic (exact) mass is 333 g/mol. The van der Waals surface area contributed by atoms with Gasteiger partial charge in [0.1, 0.15) is 17.1 Å². The van der Waals surface area contributed by atoms with Crippen molar-refractivity contribution in [1.29, 1.82) is 0 Å². The lowest BCUT2D eigenvalue weighted by molar-refractivity contribution is -0.125. The molecule has 2 rings (SSSR count). The number of nitrogens with zero attached hydrogens (tertiary/aromatic N) is 1. The molecule has 0 fully saturated rings. The molecule has 0 saturated heterocycles. The summed E-state index contributed by atoms with van der Waals surface area (Å²) in [6.07, 6.45) is 0.617. The highest BCUT2D eigenvalue weighted by Crippen LogP contribution is 2.26. The molecule has 0 spiro atoms. The number of hydrogen-bond acceptors (Lipinski definition) is 4. The molecule has 6 heteroatoms. The zero-order valence-electron chi connectivity index (χ0n) is 15.3. The molecule has 0 aliphatic carbocycles. The van der Waals surface area contributed by atoms with E-state index in [4.69, 9.17) is 4.42 Å². The first-order chi connectivity index (χ1) is 11.1. The smallest absolute Gasteiger partial charge is 0.223 e. The van der Waals surface area contributed by atoms with Crippen molar-refractivity contribution in [3.63, 3.8) is 0 Å². The first-order valence-electron chi connectivity index (χ1n) is 8.20. The maximum Gasteiger partial charge on any atom is 0.223 e. The molecule has 2 atom stereocenters. The zero-order chi connectivity index (χ0) is 18.1. The Morgan fingerprint density at radius 2 is 2.08 bits per heavy atom. The Kier molecular flexibility index (Phi) is 5.18. The van der Waals surface area contributed by atoms with Crippen molar-refractivity contribution in [2.75, 3.05) is 6.54 Å². The summed E-state index contributed by atoms with van der Waals surface area (Å²) in [5.74, 6) is 1.12. The number of H-pyrrole nitrogens is 1. The molecule has 24 heavy (non-hydrogen) atoms. The summed E-state index contributed by atoms with van der Waals surface area (Å²) in [5.41, 5.74) is 2.52. The fourth-order valence-electron chi connectivity index (χ4n) is 2.97. The van der Waals surface area contributed by atoms with Gasteiger partial charge >= 0.3 is 0 Å². The molecular weight excluding hydrogens is 306 g/mol. The minimum Gasteiger partial charge on any atom is -0.466 e. The molecule has 2 unspecified atom stereocenters. The third kappa shape index (κ3) is 3.87. The Labute approximate surface area is 142 Å². The molecular formula is C18H27N3O3. The predicted octanol–water partition coefficient (Wildman–Crippen LogP) is 2.44. The van der Waals surface area contributed by atoms with Crippen molar-refractivity contribution in [3.05, 3.63) is 40.1 Å². The molecule has 0 radical (unpaired) electrons. The van der Waals surface area contributed by atoms with Crippen molar-refractivity contribution in [2.45, 2.75) is 53.6 Å². The van der Waals surface area contributed by atoms with E-state index in [1.807, 2.05) is 40.7 Å². The summed E-state index contributed by atoms with van der Waals surface area (Å²) < 4.78 is 5.47. The second-order valence-corrected chi connectivity index (χ2v) is 6.84. The largest absolute Gasteiger partial charge is 0.466 e.